The van der Waals surface area contributed by atoms with Crippen molar-refractivity contribution in [1.82, 2.24) is 4.90 Å². The van der Waals surface area contributed by atoms with Crippen molar-refractivity contribution >= 4 is 17.8 Å². The molecule has 1 aliphatic heterocycles. The van der Waals surface area contributed by atoms with Crippen molar-refractivity contribution in [2.75, 3.05) is 6.54 Å². The summed E-state index contributed by atoms with van der Waals surface area (Å²) in [6.45, 7) is 7.02. The van der Waals surface area contributed by atoms with E-state index in [-0.39, 0.29) is 24.3 Å². The molecule has 0 bridgehead atoms. The van der Waals surface area contributed by atoms with Crippen LogP contribution in [-0.2, 0) is 4.79 Å². The standard InChI is InChI=1S/C16H19NO4/c1-8(2)11(16(20)21)7-17-14(18)12-9(3)5-6-10(4)13(12)15(17)19/h5-6,8,11H,7H2,1-4H3,(H,20,21). The largest absolute Gasteiger partial charge is 0.481 e. The minimum absolute atomic E-state index is 0.0851. The second-order valence-corrected chi connectivity index (χ2v) is 5.86. The third kappa shape index (κ3) is 2.44. The number of imide groups is 1. The van der Waals surface area contributed by atoms with E-state index in [4.69, 9.17) is 0 Å². The minimum atomic E-state index is -0.991. The van der Waals surface area contributed by atoms with Gasteiger partial charge in [-0.05, 0) is 30.9 Å². The van der Waals surface area contributed by atoms with Gasteiger partial charge < -0.3 is 5.11 Å². The fourth-order valence-electron chi connectivity index (χ4n) is 2.66. The number of hydrogen-bond donors (Lipinski definition) is 1. The van der Waals surface area contributed by atoms with Crippen molar-refractivity contribution in [2.24, 2.45) is 11.8 Å². The molecule has 1 aromatic rings. The van der Waals surface area contributed by atoms with Gasteiger partial charge in [0.15, 0.2) is 0 Å². The van der Waals surface area contributed by atoms with Gasteiger partial charge in [0.2, 0.25) is 0 Å². The number of fused-ring (bicyclic) bond motifs is 1. The van der Waals surface area contributed by atoms with Gasteiger partial charge in [-0.3, -0.25) is 19.3 Å². The average Bonchev–Trinajstić information content (AvgIpc) is 2.64. The quantitative estimate of drug-likeness (QED) is 0.863. The predicted molar refractivity (Wildman–Crippen MR) is 77.2 cm³/mol. The van der Waals surface area contributed by atoms with Crippen LogP contribution in [0.1, 0.15) is 45.7 Å². The van der Waals surface area contributed by atoms with Crippen LogP contribution in [-0.4, -0.2) is 34.3 Å². The van der Waals surface area contributed by atoms with E-state index >= 15 is 0 Å². The Hall–Kier alpha value is -2.17. The summed E-state index contributed by atoms with van der Waals surface area (Å²) < 4.78 is 0. The summed E-state index contributed by atoms with van der Waals surface area (Å²) in [4.78, 5) is 37.3. The number of aryl methyl sites for hydroxylation is 2. The highest BCUT2D eigenvalue weighted by molar-refractivity contribution is 6.22. The molecule has 1 unspecified atom stereocenters. The number of aliphatic carboxylic acids is 1. The number of carboxylic acid groups (broad SMARTS) is 1. The van der Waals surface area contributed by atoms with Crippen molar-refractivity contribution in [3.63, 3.8) is 0 Å². The highest BCUT2D eigenvalue weighted by Gasteiger charge is 2.40. The molecule has 0 spiro atoms. The molecular weight excluding hydrogens is 270 g/mol. The molecule has 5 heteroatoms. The Bertz CT molecular complexity index is 592. The minimum Gasteiger partial charge on any atom is -0.481 e. The molecular formula is C16H19NO4. The number of carbonyl (C=O) groups excluding carboxylic acids is 2. The fourth-order valence-corrected chi connectivity index (χ4v) is 2.66. The van der Waals surface area contributed by atoms with Gasteiger partial charge in [-0.15, -0.1) is 0 Å². The third-order valence-electron chi connectivity index (χ3n) is 4.04. The van der Waals surface area contributed by atoms with Crippen LogP contribution in [0.2, 0.25) is 0 Å². The zero-order valence-corrected chi connectivity index (χ0v) is 12.6. The van der Waals surface area contributed by atoms with Crippen molar-refractivity contribution in [3.8, 4) is 0 Å². The number of amides is 2. The van der Waals surface area contributed by atoms with Crippen LogP contribution >= 0.6 is 0 Å². The summed E-state index contributed by atoms with van der Waals surface area (Å²) in [5.74, 6) is -2.68. The Kier molecular flexibility index (Phi) is 3.85. The molecule has 1 heterocycles. The first-order valence-electron chi connectivity index (χ1n) is 6.95. The Morgan fingerprint density at radius 2 is 1.52 bits per heavy atom. The first-order chi connectivity index (χ1) is 9.75. The number of nitrogens with zero attached hydrogens (tertiary/aromatic N) is 1. The normalized spacial score (nSPS) is 15.6. The zero-order chi connectivity index (χ0) is 15.9. The van der Waals surface area contributed by atoms with Gasteiger partial charge in [-0.25, -0.2) is 0 Å². The van der Waals surface area contributed by atoms with E-state index in [1.54, 1.807) is 39.8 Å². The van der Waals surface area contributed by atoms with E-state index in [0.29, 0.717) is 11.1 Å². The molecule has 0 saturated carbocycles. The van der Waals surface area contributed by atoms with Crippen LogP contribution in [0.25, 0.3) is 0 Å². The molecule has 21 heavy (non-hydrogen) atoms. The van der Waals surface area contributed by atoms with Crippen LogP contribution in [0.5, 0.6) is 0 Å². The van der Waals surface area contributed by atoms with E-state index in [2.05, 4.69) is 0 Å². The van der Waals surface area contributed by atoms with Crippen LogP contribution in [0.3, 0.4) is 0 Å². The maximum Gasteiger partial charge on any atom is 0.308 e. The molecule has 0 radical (unpaired) electrons. The van der Waals surface area contributed by atoms with Gasteiger partial charge in [-0.2, -0.15) is 0 Å². The molecule has 112 valence electrons. The van der Waals surface area contributed by atoms with Gasteiger partial charge in [0.1, 0.15) is 0 Å². The highest BCUT2D eigenvalue weighted by atomic mass is 16.4. The summed E-state index contributed by atoms with van der Waals surface area (Å²) >= 11 is 0. The Morgan fingerprint density at radius 3 is 1.86 bits per heavy atom. The SMILES string of the molecule is Cc1ccc(C)c2c1C(=O)N(CC(C(=O)O)C(C)C)C2=O. The number of carboxylic acids is 1. The number of hydrogen-bond acceptors (Lipinski definition) is 3. The van der Waals surface area contributed by atoms with Crippen molar-refractivity contribution in [3.05, 3.63) is 34.4 Å². The Morgan fingerprint density at radius 1 is 1.10 bits per heavy atom. The molecule has 1 N–H and O–H groups in total. The molecule has 1 atom stereocenters. The van der Waals surface area contributed by atoms with Gasteiger partial charge >= 0.3 is 5.97 Å². The summed E-state index contributed by atoms with van der Waals surface area (Å²) in [5.41, 5.74) is 2.31. The van der Waals surface area contributed by atoms with E-state index in [9.17, 15) is 19.5 Å². The highest BCUT2D eigenvalue weighted by Crippen LogP contribution is 2.30. The topological polar surface area (TPSA) is 74.7 Å². The second kappa shape index (κ2) is 5.31. The number of carbonyl (C=O) groups is 3. The lowest BCUT2D eigenvalue weighted by Gasteiger charge is -2.22. The summed E-state index contributed by atoms with van der Waals surface area (Å²) in [5, 5.41) is 9.25. The molecule has 0 fully saturated rings. The molecule has 5 nitrogen and oxygen atoms in total. The van der Waals surface area contributed by atoms with E-state index < -0.39 is 11.9 Å². The van der Waals surface area contributed by atoms with Crippen LogP contribution in [0.4, 0.5) is 0 Å². The van der Waals surface area contributed by atoms with E-state index in [1.165, 1.54) is 0 Å². The smallest absolute Gasteiger partial charge is 0.308 e. The fraction of sp³-hybridized carbons (Fsp3) is 0.438. The lowest BCUT2D eigenvalue weighted by molar-refractivity contribution is -0.143. The number of rotatable bonds is 4. The third-order valence-corrected chi connectivity index (χ3v) is 4.04. The maximum absolute atomic E-state index is 12.5. The zero-order valence-electron chi connectivity index (χ0n) is 12.6. The first-order valence-corrected chi connectivity index (χ1v) is 6.95. The van der Waals surface area contributed by atoms with Crippen molar-refractivity contribution in [2.45, 2.75) is 27.7 Å². The molecule has 2 amide bonds. The van der Waals surface area contributed by atoms with Crippen LogP contribution in [0.15, 0.2) is 12.1 Å². The van der Waals surface area contributed by atoms with Crippen LogP contribution in [0, 0.1) is 25.7 Å². The lowest BCUT2D eigenvalue weighted by Crippen LogP contribution is -2.39. The van der Waals surface area contributed by atoms with Gasteiger partial charge in [0, 0.05) is 6.54 Å². The van der Waals surface area contributed by atoms with Gasteiger partial charge in [-0.1, -0.05) is 26.0 Å². The summed E-state index contributed by atoms with van der Waals surface area (Å²) in [6, 6.07) is 3.61. The second-order valence-electron chi connectivity index (χ2n) is 5.86. The monoisotopic (exact) mass is 289 g/mol. The molecule has 0 aliphatic carbocycles. The lowest BCUT2D eigenvalue weighted by atomic mass is 9.95. The van der Waals surface area contributed by atoms with Crippen molar-refractivity contribution < 1.29 is 19.5 Å². The number of benzene rings is 1. The van der Waals surface area contributed by atoms with Crippen molar-refractivity contribution in [1.29, 1.82) is 0 Å². The average molecular weight is 289 g/mol. The van der Waals surface area contributed by atoms with E-state index in [1.807, 2.05) is 0 Å². The summed E-state index contributed by atoms with van der Waals surface area (Å²) in [7, 11) is 0. The Balaban J connectivity index is 2.40. The molecule has 0 aromatic heterocycles. The van der Waals surface area contributed by atoms with Crippen LogP contribution < -0.4 is 0 Å². The molecule has 1 aliphatic rings. The van der Waals surface area contributed by atoms with Gasteiger partial charge in [0.25, 0.3) is 11.8 Å². The summed E-state index contributed by atoms with van der Waals surface area (Å²) in [6.07, 6.45) is 0. The van der Waals surface area contributed by atoms with E-state index in [0.717, 1.165) is 16.0 Å². The Labute approximate surface area is 123 Å². The molecule has 2 rings (SSSR count). The maximum atomic E-state index is 12.5. The van der Waals surface area contributed by atoms with Gasteiger partial charge in [0.05, 0.1) is 17.0 Å². The predicted octanol–water partition coefficient (Wildman–Crippen LogP) is 2.26. The first kappa shape index (κ1) is 15.2. The molecule has 1 aromatic carbocycles. The molecule has 0 saturated heterocycles.